The van der Waals surface area contributed by atoms with Crippen molar-refractivity contribution in [1.29, 1.82) is 0 Å². The van der Waals surface area contributed by atoms with Crippen LogP contribution in [-0.2, 0) is 9.53 Å². The third-order valence-electron chi connectivity index (χ3n) is 4.48. The average Bonchev–Trinajstić information content (AvgIpc) is 3.02. The predicted molar refractivity (Wildman–Crippen MR) is 113 cm³/mol. The number of aromatic nitrogens is 1. The van der Waals surface area contributed by atoms with Crippen LogP contribution in [-0.4, -0.2) is 28.0 Å². The largest absolute Gasteiger partial charge is 0.505 e. The number of carbonyl (C=O) groups is 1. The lowest BCUT2D eigenvalue weighted by Gasteiger charge is -2.11. The molecule has 146 valence electrons. The van der Waals surface area contributed by atoms with Gasteiger partial charge in [-0.15, -0.1) is 0 Å². The maximum absolute atomic E-state index is 12.1. The quantitative estimate of drug-likeness (QED) is 0.657. The summed E-state index contributed by atoms with van der Waals surface area (Å²) in [5.74, 6) is -0.754. The highest BCUT2D eigenvalue weighted by Crippen LogP contribution is 2.30. The standard InChI is InChI=1S/C21H20Cl2N2O3/c1-5-28-21(27)19-12(3)24-18(20(19)26)7-14-6-11(2)25(13(14)4)17-9-15(22)8-16(23)10-17/h6-10,26H,5H2,1-4H3. The van der Waals surface area contributed by atoms with E-state index in [9.17, 15) is 9.90 Å². The summed E-state index contributed by atoms with van der Waals surface area (Å²) in [5, 5.41) is 11.6. The molecule has 5 nitrogen and oxygen atoms in total. The third kappa shape index (κ3) is 3.73. The van der Waals surface area contributed by atoms with Crippen LogP contribution in [0.2, 0.25) is 10.0 Å². The van der Waals surface area contributed by atoms with E-state index in [-0.39, 0.29) is 17.9 Å². The van der Waals surface area contributed by atoms with Gasteiger partial charge in [-0.2, -0.15) is 0 Å². The van der Waals surface area contributed by atoms with Gasteiger partial charge in [-0.25, -0.2) is 9.79 Å². The van der Waals surface area contributed by atoms with Crippen molar-refractivity contribution in [2.45, 2.75) is 27.7 Å². The van der Waals surface area contributed by atoms with Gasteiger partial charge in [0.05, 0.1) is 12.3 Å². The van der Waals surface area contributed by atoms with Crippen LogP contribution in [0.4, 0.5) is 0 Å². The van der Waals surface area contributed by atoms with Crippen molar-refractivity contribution in [2.75, 3.05) is 6.61 Å². The van der Waals surface area contributed by atoms with E-state index in [1.807, 2.05) is 36.6 Å². The molecule has 1 aliphatic rings. The number of halogens is 2. The molecule has 0 atom stereocenters. The summed E-state index contributed by atoms with van der Waals surface area (Å²) in [5.41, 5.74) is 4.45. The number of esters is 1. The highest BCUT2D eigenvalue weighted by atomic mass is 35.5. The van der Waals surface area contributed by atoms with E-state index in [4.69, 9.17) is 27.9 Å². The Balaban J connectivity index is 2.06. The highest BCUT2D eigenvalue weighted by molar-refractivity contribution is 6.34. The predicted octanol–water partition coefficient (Wildman–Crippen LogP) is 5.59. The molecular weight excluding hydrogens is 399 g/mol. The molecule has 0 spiro atoms. The second-order valence-corrected chi connectivity index (χ2v) is 7.33. The summed E-state index contributed by atoms with van der Waals surface area (Å²) in [7, 11) is 0. The van der Waals surface area contributed by atoms with Gasteiger partial charge in [0.15, 0.2) is 5.76 Å². The number of carbonyl (C=O) groups excluding carboxylic acids is 1. The zero-order chi connectivity index (χ0) is 20.6. The number of nitrogens with zero attached hydrogens (tertiary/aromatic N) is 2. The SMILES string of the molecule is CCOC(=O)C1=C(O)C(=Cc2cc(C)n(-c3cc(Cl)cc(Cl)c3)c2C)N=C1C. The Labute approximate surface area is 173 Å². The number of rotatable bonds is 4. The third-order valence-corrected chi connectivity index (χ3v) is 4.91. The van der Waals surface area contributed by atoms with Crippen molar-refractivity contribution < 1.29 is 14.6 Å². The van der Waals surface area contributed by atoms with Crippen molar-refractivity contribution in [3.63, 3.8) is 0 Å². The molecule has 0 amide bonds. The molecule has 1 aliphatic heterocycles. The molecule has 3 rings (SSSR count). The van der Waals surface area contributed by atoms with Crippen molar-refractivity contribution in [3.05, 3.63) is 68.3 Å². The lowest BCUT2D eigenvalue weighted by Crippen LogP contribution is -2.13. The van der Waals surface area contributed by atoms with Crippen LogP contribution < -0.4 is 0 Å². The van der Waals surface area contributed by atoms with E-state index in [2.05, 4.69) is 4.99 Å². The van der Waals surface area contributed by atoms with Crippen molar-refractivity contribution in [1.82, 2.24) is 4.57 Å². The Morgan fingerprint density at radius 3 is 2.43 bits per heavy atom. The number of aliphatic hydroxyl groups excluding tert-OH is 1. The number of aliphatic imine (C=N–C) groups is 1. The van der Waals surface area contributed by atoms with Crippen LogP contribution in [0.1, 0.15) is 30.8 Å². The Kier molecular flexibility index (Phi) is 5.68. The van der Waals surface area contributed by atoms with E-state index in [0.29, 0.717) is 21.5 Å². The fraction of sp³-hybridized carbons (Fsp3) is 0.238. The lowest BCUT2D eigenvalue weighted by molar-refractivity contribution is -0.138. The Morgan fingerprint density at radius 2 is 1.82 bits per heavy atom. The summed E-state index contributed by atoms with van der Waals surface area (Å²) < 4.78 is 7.01. The fourth-order valence-corrected chi connectivity index (χ4v) is 3.80. The molecule has 0 aliphatic carbocycles. The molecule has 1 aromatic heterocycles. The maximum atomic E-state index is 12.1. The maximum Gasteiger partial charge on any atom is 0.343 e. The fourth-order valence-electron chi connectivity index (χ4n) is 3.28. The molecular formula is C21H20Cl2N2O3. The first-order chi connectivity index (χ1) is 13.2. The minimum absolute atomic E-state index is 0.100. The van der Waals surface area contributed by atoms with Crippen LogP contribution in [0.3, 0.4) is 0 Å². The summed E-state index contributed by atoms with van der Waals surface area (Å²) in [4.78, 5) is 16.4. The van der Waals surface area contributed by atoms with Gasteiger partial charge in [0, 0.05) is 27.1 Å². The van der Waals surface area contributed by atoms with E-state index in [1.54, 1.807) is 26.0 Å². The normalized spacial score (nSPS) is 15.4. The molecule has 28 heavy (non-hydrogen) atoms. The molecule has 2 aromatic rings. The number of hydrogen-bond donors (Lipinski definition) is 1. The summed E-state index contributed by atoms with van der Waals surface area (Å²) in [6.45, 7) is 7.52. The highest BCUT2D eigenvalue weighted by Gasteiger charge is 2.28. The van der Waals surface area contributed by atoms with Crippen molar-refractivity contribution in [3.8, 4) is 5.69 Å². The number of aliphatic hydroxyl groups is 1. The molecule has 2 heterocycles. The van der Waals surface area contributed by atoms with Gasteiger partial charge < -0.3 is 14.4 Å². The van der Waals surface area contributed by atoms with Crippen molar-refractivity contribution in [2.24, 2.45) is 4.99 Å². The van der Waals surface area contributed by atoms with Gasteiger partial charge in [0.2, 0.25) is 0 Å². The first-order valence-electron chi connectivity index (χ1n) is 8.76. The Morgan fingerprint density at radius 1 is 1.18 bits per heavy atom. The first-order valence-corrected chi connectivity index (χ1v) is 9.52. The summed E-state index contributed by atoms with van der Waals surface area (Å²) >= 11 is 12.3. The second kappa shape index (κ2) is 7.86. The van der Waals surface area contributed by atoms with E-state index in [0.717, 1.165) is 22.6 Å². The minimum atomic E-state index is -0.580. The zero-order valence-corrected chi connectivity index (χ0v) is 17.5. The van der Waals surface area contributed by atoms with Crippen LogP contribution >= 0.6 is 23.2 Å². The first kappa shape index (κ1) is 20.2. The van der Waals surface area contributed by atoms with Crippen LogP contribution in [0.5, 0.6) is 0 Å². The molecule has 1 aromatic carbocycles. The molecule has 0 unspecified atom stereocenters. The molecule has 0 bridgehead atoms. The topological polar surface area (TPSA) is 63.8 Å². The molecule has 7 heteroatoms. The van der Waals surface area contributed by atoms with Crippen LogP contribution in [0.15, 0.2) is 46.3 Å². The number of ether oxygens (including phenoxy) is 1. The summed E-state index contributed by atoms with van der Waals surface area (Å²) in [6, 6.07) is 7.31. The van der Waals surface area contributed by atoms with Gasteiger partial charge in [-0.1, -0.05) is 23.2 Å². The number of hydrogen-bond acceptors (Lipinski definition) is 4. The monoisotopic (exact) mass is 418 g/mol. The van der Waals surface area contributed by atoms with Crippen LogP contribution in [0.25, 0.3) is 11.8 Å². The Bertz CT molecular complexity index is 1040. The average molecular weight is 419 g/mol. The number of benzene rings is 1. The van der Waals surface area contributed by atoms with E-state index >= 15 is 0 Å². The van der Waals surface area contributed by atoms with E-state index in [1.165, 1.54) is 0 Å². The lowest BCUT2D eigenvalue weighted by atomic mass is 10.1. The van der Waals surface area contributed by atoms with Crippen LogP contribution in [0, 0.1) is 13.8 Å². The zero-order valence-electron chi connectivity index (χ0n) is 16.0. The molecule has 0 saturated carbocycles. The van der Waals surface area contributed by atoms with Crippen molar-refractivity contribution >= 4 is 41.0 Å². The van der Waals surface area contributed by atoms with Gasteiger partial charge >= 0.3 is 5.97 Å². The van der Waals surface area contributed by atoms with E-state index < -0.39 is 5.97 Å². The second-order valence-electron chi connectivity index (χ2n) is 6.46. The van der Waals surface area contributed by atoms with Gasteiger partial charge in [-0.05, 0) is 63.6 Å². The molecule has 0 saturated heterocycles. The van der Waals surface area contributed by atoms with Gasteiger partial charge in [-0.3, -0.25) is 0 Å². The van der Waals surface area contributed by atoms with Gasteiger partial charge in [0.1, 0.15) is 11.3 Å². The molecule has 0 radical (unpaired) electrons. The molecule has 0 fully saturated rings. The number of aryl methyl sites for hydroxylation is 1. The minimum Gasteiger partial charge on any atom is -0.505 e. The molecule has 1 N–H and O–H groups in total. The van der Waals surface area contributed by atoms with Gasteiger partial charge in [0.25, 0.3) is 0 Å². The smallest absolute Gasteiger partial charge is 0.343 e. The Hall–Kier alpha value is -2.50. The summed E-state index contributed by atoms with van der Waals surface area (Å²) in [6.07, 6.45) is 1.75.